The topological polar surface area (TPSA) is 85.6 Å². The van der Waals surface area contributed by atoms with Gasteiger partial charge >= 0.3 is 5.69 Å². The van der Waals surface area contributed by atoms with Crippen LogP contribution >= 0.6 is 0 Å². The van der Waals surface area contributed by atoms with Crippen LogP contribution in [-0.2, 0) is 6.42 Å². The second-order valence-electron chi connectivity index (χ2n) is 4.28. The summed E-state index contributed by atoms with van der Waals surface area (Å²) in [6.45, 7) is 5.68. The number of H-pyrrole nitrogens is 1. The minimum atomic E-state index is -0.468. The van der Waals surface area contributed by atoms with Crippen LogP contribution in [0.3, 0.4) is 0 Å². The zero-order valence-electron chi connectivity index (χ0n) is 10.5. The number of aromatic nitrogens is 5. The van der Waals surface area contributed by atoms with E-state index in [4.69, 9.17) is 0 Å². The number of hydrogen-bond donors (Lipinski definition) is 1. The third kappa shape index (κ3) is 2.11. The lowest BCUT2D eigenvalue weighted by atomic mass is 10.3. The summed E-state index contributed by atoms with van der Waals surface area (Å²) in [4.78, 5) is 25.6. The highest BCUT2D eigenvalue weighted by Crippen LogP contribution is 2.03. The van der Waals surface area contributed by atoms with Crippen molar-refractivity contribution in [2.24, 2.45) is 0 Å². The van der Waals surface area contributed by atoms with Crippen LogP contribution in [0.15, 0.2) is 22.0 Å². The summed E-state index contributed by atoms with van der Waals surface area (Å²) in [5.41, 5.74) is 0.186. The molecule has 0 fully saturated rings. The SMILES string of the molecule is CCc1cn(-c2cn(C(C)C)c(=O)[nH]c2=O)nn1. The van der Waals surface area contributed by atoms with E-state index < -0.39 is 11.2 Å². The second kappa shape index (κ2) is 4.59. The summed E-state index contributed by atoms with van der Waals surface area (Å²) < 4.78 is 2.83. The number of nitrogens with one attached hydrogen (secondary N) is 1. The first kappa shape index (κ1) is 12.3. The molecule has 0 radical (unpaired) electrons. The number of hydrogen-bond acceptors (Lipinski definition) is 4. The molecule has 2 aromatic heterocycles. The molecule has 0 unspecified atom stereocenters. The largest absolute Gasteiger partial charge is 0.328 e. The summed E-state index contributed by atoms with van der Waals surface area (Å²) in [7, 11) is 0. The lowest BCUT2D eigenvalue weighted by molar-refractivity contribution is 0.556. The van der Waals surface area contributed by atoms with Gasteiger partial charge in [-0.3, -0.25) is 14.3 Å². The molecule has 1 N–H and O–H groups in total. The molecule has 0 bridgehead atoms. The van der Waals surface area contributed by atoms with Crippen LogP contribution in [0.5, 0.6) is 0 Å². The summed E-state index contributed by atoms with van der Waals surface area (Å²) >= 11 is 0. The Kier molecular flexibility index (Phi) is 3.14. The van der Waals surface area contributed by atoms with Crippen molar-refractivity contribution < 1.29 is 0 Å². The Hall–Kier alpha value is -2.18. The van der Waals surface area contributed by atoms with Gasteiger partial charge in [-0.25, -0.2) is 9.48 Å². The molecule has 0 aromatic carbocycles. The van der Waals surface area contributed by atoms with E-state index in [-0.39, 0.29) is 11.7 Å². The van der Waals surface area contributed by atoms with Crippen LogP contribution in [0.1, 0.15) is 32.5 Å². The van der Waals surface area contributed by atoms with Crippen molar-refractivity contribution in [2.75, 3.05) is 0 Å². The zero-order chi connectivity index (χ0) is 13.3. The van der Waals surface area contributed by atoms with Crippen molar-refractivity contribution in [3.05, 3.63) is 38.9 Å². The maximum Gasteiger partial charge on any atom is 0.328 e. The van der Waals surface area contributed by atoms with Gasteiger partial charge in [0, 0.05) is 12.2 Å². The van der Waals surface area contributed by atoms with Gasteiger partial charge in [0.15, 0.2) is 0 Å². The highest BCUT2D eigenvalue weighted by Gasteiger charge is 2.10. The van der Waals surface area contributed by atoms with Crippen molar-refractivity contribution in [2.45, 2.75) is 33.2 Å². The predicted octanol–water partition coefficient (Wildman–Crippen LogP) is 0.261. The maximum atomic E-state index is 11.8. The Morgan fingerprint density at radius 3 is 2.61 bits per heavy atom. The molecule has 0 spiro atoms. The molecule has 0 amide bonds. The lowest BCUT2D eigenvalue weighted by Gasteiger charge is -2.10. The van der Waals surface area contributed by atoms with Crippen LogP contribution in [0, 0.1) is 0 Å². The van der Waals surface area contributed by atoms with Crippen molar-refractivity contribution in [3.8, 4) is 5.69 Å². The van der Waals surface area contributed by atoms with Gasteiger partial charge in [0.25, 0.3) is 5.56 Å². The molecule has 7 heteroatoms. The third-order valence-electron chi connectivity index (χ3n) is 2.66. The van der Waals surface area contributed by atoms with E-state index >= 15 is 0 Å². The smallest absolute Gasteiger partial charge is 0.296 e. The van der Waals surface area contributed by atoms with E-state index in [1.54, 1.807) is 6.20 Å². The van der Waals surface area contributed by atoms with Gasteiger partial charge in [0.1, 0.15) is 5.69 Å². The molecule has 0 atom stereocenters. The summed E-state index contributed by atoms with van der Waals surface area (Å²) in [6, 6.07) is -0.0396. The fraction of sp³-hybridized carbons (Fsp3) is 0.455. The van der Waals surface area contributed by atoms with Crippen LogP contribution in [-0.4, -0.2) is 24.5 Å². The van der Waals surface area contributed by atoms with Crippen LogP contribution < -0.4 is 11.2 Å². The van der Waals surface area contributed by atoms with Crippen molar-refractivity contribution >= 4 is 0 Å². The molecule has 0 saturated carbocycles. The average Bonchev–Trinajstić information content (AvgIpc) is 2.77. The van der Waals surface area contributed by atoms with Gasteiger partial charge in [-0.05, 0) is 20.3 Å². The first-order valence-corrected chi connectivity index (χ1v) is 5.80. The van der Waals surface area contributed by atoms with Crippen molar-refractivity contribution in [1.82, 2.24) is 24.5 Å². The molecule has 0 aliphatic rings. The molecule has 2 rings (SSSR count). The minimum absolute atomic E-state index is 0.0396. The van der Waals surface area contributed by atoms with Gasteiger partial charge in [-0.2, -0.15) is 0 Å². The summed E-state index contributed by atoms with van der Waals surface area (Å²) in [5.74, 6) is 0. The van der Waals surface area contributed by atoms with Crippen LogP contribution in [0.2, 0.25) is 0 Å². The number of aromatic amines is 1. The fourth-order valence-electron chi connectivity index (χ4n) is 1.60. The first-order valence-electron chi connectivity index (χ1n) is 5.80. The fourth-order valence-corrected chi connectivity index (χ4v) is 1.60. The maximum absolute atomic E-state index is 11.8. The predicted molar refractivity (Wildman–Crippen MR) is 66.0 cm³/mol. The van der Waals surface area contributed by atoms with Gasteiger partial charge in [0.05, 0.1) is 11.9 Å². The highest BCUT2D eigenvalue weighted by molar-refractivity contribution is 5.24. The number of rotatable bonds is 3. The second-order valence-corrected chi connectivity index (χ2v) is 4.28. The highest BCUT2D eigenvalue weighted by atomic mass is 16.2. The molecular weight excluding hydrogens is 234 g/mol. The normalized spacial score (nSPS) is 11.1. The van der Waals surface area contributed by atoms with E-state index in [1.165, 1.54) is 15.4 Å². The standard InChI is InChI=1S/C11H15N5O2/c1-4-8-5-16(14-13-8)9-6-15(7(2)3)11(18)12-10(9)17/h5-7H,4H2,1-3H3,(H,12,17,18). The molecule has 2 aromatic rings. The molecular formula is C11H15N5O2. The number of aryl methyl sites for hydroxylation is 1. The minimum Gasteiger partial charge on any atom is -0.296 e. The van der Waals surface area contributed by atoms with Gasteiger partial charge in [0.2, 0.25) is 0 Å². The molecule has 2 heterocycles. The molecule has 7 nitrogen and oxygen atoms in total. The summed E-state index contributed by atoms with van der Waals surface area (Å²) in [6.07, 6.45) is 3.92. The van der Waals surface area contributed by atoms with E-state index in [0.29, 0.717) is 0 Å². The molecule has 96 valence electrons. The van der Waals surface area contributed by atoms with Gasteiger partial charge in [-0.1, -0.05) is 12.1 Å². The van der Waals surface area contributed by atoms with Gasteiger partial charge < -0.3 is 0 Å². The Morgan fingerprint density at radius 2 is 2.06 bits per heavy atom. The van der Waals surface area contributed by atoms with Gasteiger partial charge in [-0.15, -0.1) is 5.10 Å². The Balaban J connectivity index is 2.60. The lowest BCUT2D eigenvalue weighted by Crippen LogP contribution is -2.33. The molecule has 0 aliphatic carbocycles. The van der Waals surface area contributed by atoms with E-state index in [2.05, 4.69) is 15.3 Å². The van der Waals surface area contributed by atoms with Crippen molar-refractivity contribution in [3.63, 3.8) is 0 Å². The Morgan fingerprint density at radius 1 is 1.33 bits per heavy atom. The van der Waals surface area contributed by atoms with Crippen LogP contribution in [0.25, 0.3) is 5.69 Å². The van der Waals surface area contributed by atoms with Crippen LogP contribution in [0.4, 0.5) is 0 Å². The quantitative estimate of drug-likeness (QED) is 0.845. The Bertz CT molecular complexity index is 665. The molecule has 18 heavy (non-hydrogen) atoms. The summed E-state index contributed by atoms with van der Waals surface area (Å²) in [5, 5.41) is 7.80. The zero-order valence-corrected chi connectivity index (χ0v) is 10.5. The molecule has 0 aliphatic heterocycles. The van der Waals surface area contributed by atoms with Crippen molar-refractivity contribution in [1.29, 1.82) is 0 Å². The number of nitrogens with zero attached hydrogens (tertiary/aromatic N) is 4. The molecule has 0 saturated heterocycles. The Labute approximate surface area is 103 Å². The van der Waals surface area contributed by atoms with E-state index in [9.17, 15) is 9.59 Å². The first-order chi connectivity index (χ1) is 8.52. The van der Waals surface area contributed by atoms with E-state index in [1.807, 2.05) is 20.8 Å². The average molecular weight is 249 g/mol. The third-order valence-corrected chi connectivity index (χ3v) is 2.66. The monoisotopic (exact) mass is 249 g/mol. The van der Waals surface area contributed by atoms with E-state index in [0.717, 1.165) is 12.1 Å².